The summed E-state index contributed by atoms with van der Waals surface area (Å²) >= 11 is 0. The van der Waals surface area contributed by atoms with E-state index >= 15 is 0 Å². The molecule has 0 aliphatic heterocycles. The highest BCUT2D eigenvalue weighted by Gasteiger charge is 2.16. The van der Waals surface area contributed by atoms with Crippen LogP contribution in [0.5, 0.6) is 0 Å². The lowest BCUT2D eigenvalue weighted by Gasteiger charge is -2.06. The van der Waals surface area contributed by atoms with E-state index in [2.05, 4.69) is 25.5 Å². The van der Waals surface area contributed by atoms with E-state index < -0.39 is 0 Å². The van der Waals surface area contributed by atoms with Crippen LogP contribution < -0.4 is 5.32 Å². The lowest BCUT2D eigenvalue weighted by molar-refractivity contribution is 0.102. The Morgan fingerprint density at radius 1 is 0.966 bits per heavy atom. The van der Waals surface area contributed by atoms with Crippen LogP contribution in [0.2, 0.25) is 0 Å². The molecule has 0 atom stereocenters. The summed E-state index contributed by atoms with van der Waals surface area (Å²) in [4.78, 5) is 20.8. The molecule has 5 aromatic rings. The van der Waals surface area contributed by atoms with Crippen molar-refractivity contribution in [1.82, 2.24) is 20.2 Å². The summed E-state index contributed by atoms with van der Waals surface area (Å²) in [6.45, 7) is 0. The fourth-order valence-electron chi connectivity index (χ4n) is 3.06. The molecule has 5 rings (SSSR count). The fraction of sp³-hybridized carbons (Fsp3) is 0. The summed E-state index contributed by atoms with van der Waals surface area (Å²) in [6, 6.07) is 20.2. The molecule has 3 heterocycles. The molecule has 0 radical (unpaired) electrons. The number of para-hydroxylation sites is 2. The summed E-state index contributed by atoms with van der Waals surface area (Å²) in [5.41, 5.74) is 4.92. The first-order chi connectivity index (χ1) is 14.3. The number of hydrogen-bond donors (Lipinski definition) is 2. The number of oxazole rings is 1. The third-order valence-corrected chi connectivity index (χ3v) is 4.48. The highest BCUT2D eigenvalue weighted by atomic mass is 16.3. The van der Waals surface area contributed by atoms with Crippen molar-refractivity contribution in [3.8, 4) is 22.7 Å². The molecule has 0 aliphatic carbocycles. The Morgan fingerprint density at radius 3 is 2.59 bits per heavy atom. The Labute approximate surface area is 165 Å². The van der Waals surface area contributed by atoms with Crippen molar-refractivity contribution in [2.24, 2.45) is 0 Å². The van der Waals surface area contributed by atoms with E-state index in [-0.39, 0.29) is 5.91 Å². The maximum atomic E-state index is 12.2. The van der Waals surface area contributed by atoms with Crippen molar-refractivity contribution < 1.29 is 9.21 Å². The maximum Gasteiger partial charge on any atom is 0.274 e. The summed E-state index contributed by atoms with van der Waals surface area (Å²) < 4.78 is 5.86. The largest absolute Gasteiger partial charge is 0.436 e. The predicted octanol–water partition coefficient (Wildman–Crippen LogP) is 4.53. The van der Waals surface area contributed by atoms with Gasteiger partial charge in [-0.05, 0) is 36.4 Å². The molecule has 29 heavy (non-hydrogen) atoms. The SMILES string of the molecule is O=C(Nc1ccc(-c2n[nH]cc2-c2nc3ccccc3o2)cc1)c1ccccn1. The number of carbonyl (C=O) groups is 1. The van der Waals surface area contributed by atoms with Gasteiger partial charge in [-0.3, -0.25) is 14.9 Å². The first kappa shape index (κ1) is 16.9. The summed E-state index contributed by atoms with van der Waals surface area (Å²) in [5.74, 6) is 0.243. The van der Waals surface area contributed by atoms with Crippen molar-refractivity contribution >= 4 is 22.7 Å². The number of nitrogens with one attached hydrogen (secondary N) is 2. The third kappa shape index (κ3) is 3.25. The van der Waals surface area contributed by atoms with Gasteiger partial charge in [0.1, 0.15) is 16.9 Å². The number of anilines is 1. The monoisotopic (exact) mass is 381 g/mol. The van der Waals surface area contributed by atoms with Crippen LogP contribution in [0.4, 0.5) is 5.69 Å². The van der Waals surface area contributed by atoms with Crippen LogP contribution in [0.25, 0.3) is 33.8 Å². The van der Waals surface area contributed by atoms with Gasteiger partial charge in [0.2, 0.25) is 5.89 Å². The van der Waals surface area contributed by atoms with Gasteiger partial charge >= 0.3 is 0 Å². The van der Waals surface area contributed by atoms with E-state index in [4.69, 9.17) is 4.42 Å². The van der Waals surface area contributed by atoms with Crippen molar-refractivity contribution in [1.29, 1.82) is 0 Å². The van der Waals surface area contributed by atoms with E-state index in [0.717, 1.165) is 27.9 Å². The molecule has 7 heteroatoms. The zero-order chi connectivity index (χ0) is 19.6. The van der Waals surface area contributed by atoms with Gasteiger partial charge in [0.05, 0.1) is 5.56 Å². The first-order valence-electron chi connectivity index (χ1n) is 9.00. The Hall–Kier alpha value is -4.26. The molecular weight excluding hydrogens is 366 g/mol. The van der Waals surface area contributed by atoms with Crippen LogP contribution in [-0.2, 0) is 0 Å². The zero-order valence-corrected chi connectivity index (χ0v) is 15.2. The number of rotatable bonds is 4. The van der Waals surface area contributed by atoms with Gasteiger partial charge < -0.3 is 9.73 Å². The van der Waals surface area contributed by atoms with Gasteiger partial charge in [0.15, 0.2) is 5.58 Å². The average Bonchev–Trinajstić information content (AvgIpc) is 3.42. The highest BCUT2D eigenvalue weighted by Crippen LogP contribution is 2.32. The quantitative estimate of drug-likeness (QED) is 0.477. The predicted molar refractivity (Wildman–Crippen MR) is 109 cm³/mol. The summed E-state index contributed by atoms with van der Waals surface area (Å²) in [5, 5.41) is 10.1. The minimum absolute atomic E-state index is 0.259. The van der Waals surface area contributed by atoms with E-state index in [1.54, 1.807) is 30.6 Å². The number of benzene rings is 2. The molecule has 0 saturated carbocycles. The standard InChI is InChI=1S/C22H15N5O2/c28-21(18-6-3-4-12-23-18)25-15-10-8-14(9-11-15)20-16(13-24-27-20)22-26-17-5-1-2-7-19(17)29-22/h1-13H,(H,24,27)(H,25,28). The molecule has 3 aromatic heterocycles. The van der Waals surface area contributed by atoms with Crippen LogP contribution in [0, 0.1) is 0 Å². The lowest BCUT2D eigenvalue weighted by Crippen LogP contribution is -2.13. The molecule has 0 fully saturated rings. The Kier molecular flexibility index (Phi) is 4.10. The van der Waals surface area contributed by atoms with Gasteiger partial charge in [-0.15, -0.1) is 0 Å². The van der Waals surface area contributed by atoms with E-state index in [1.165, 1.54) is 0 Å². The second kappa shape index (κ2) is 7.05. The second-order valence-corrected chi connectivity index (χ2v) is 6.38. The number of amides is 1. The molecule has 140 valence electrons. The molecule has 0 unspecified atom stereocenters. The number of fused-ring (bicyclic) bond motifs is 1. The smallest absolute Gasteiger partial charge is 0.274 e. The molecule has 2 aromatic carbocycles. The molecule has 0 aliphatic rings. The van der Waals surface area contributed by atoms with Crippen molar-refractivity contribution in [3.05, 3.63) is 84.8 Å². The average molecular weight is 381 g/mol. The van der Waals surface area contributed by atoms with Crippen molar-refractivity contribution in [3.63, 3.8) is 0 Å². The van der Waals surface area contributed by atoms with Gasteiger partial charge in [0, 0.05) is 23.6 Å². The van der Waals surface area contributed by atoms with E-state index in [9.17, 15) is 4.79 Å². The Morgan fingerprint density at radius 2 is 1.79 bits per heavy atom. The maximum absolute atomic E-state index is 12.2. The summed E-state index contributed by atoms with van der Waals surface area (Å²) in [7, 11) is 0. The number of nitrogens with zero attached hydrogens (tertiary/aromatic N) is 3. The molecule has 0 saturated heterocycles. The lowest BCUT2D eigenvalue weighted by atomic mass is 10.1. The molecule has 0 bridgehead atoms. The summed E-state index contributed by atoms with van der Waals surface area (Å²) in [6.07, 6.45) is 3.35. The normalized spacial score (nSPS) is 10.9. The van der Waals surface area contributed by atoms with Gasteiger partial charge in [-0.2, -0.15) is 5.10 Å². The minimum Gasteiger partial charge on any atom is -0.436 e. The Balaban J connectivity index is 1.41. The van der Waals surface area contributed by atoms with Gasteiger partial charge in [-0.1, -0.05) is 30.3 Å². The van der Waals surface area contributed by atoms with Crippen LogP contribution in [0.1, 0.15) is 10.5 Å². The van der Waals surface area contributed by atoms with E-state index in [1.807, 2.05) is 48.5 Å². The van der Waals surface area contributed by atoms with Crippen molar-refractivity contribution in [2.45, 2.75) is 0 Å². The van der Waals surface area contributed by atoms with Crippen LogP contribution in [-0.4, -0.2) is 26.1 Å². The highest BCUT2D eigenvalue weighted by molar-refractivity contribution is 6.02. The molecular formula is C22H15N5O2. The van der Waals surface area contributed by atoms with Crippen LogP contribution in [0.15, 0.2) is 83.5 Å². The number of aromatic nitrogens is 4. The van der Waals surface area contributed by atoms with Crippen molar-refractivity contribution in [2.75, 3.05) is 5.32 Å². The van der Waals surface area contributed by atoms with Gasteiger partial charge in [0.25, 0.3) is 5.91 Å². The van der Waals surface area contributed by atoms with Gasteiger partial charge in [-0.25, -0.2) is 4.98 Å². The van der Waals surface area contributed by atoms with Crippen LogP contribution >= 0.6 is 0 Å². The van der Waals surface area contributed by atoms with Crippen LogP contribution in [0.3, 0.4) is 0 Å². The fourth-order valence-corrected chi connectivity index (χ4v) is 3.06. The molecule has 2 N–H and O–H groups in total. The molecule has 1 amide bonds. The molecule has 7 nitrogen and oxygen atoms in total. The second-order valence-electron chi connectivity index (χ2n) is 6.38. The topological polar surface area (TPSA) is 96.7 Å². The minimum atomic E-state index is -0.259. The zero-order valence-electron chi connectivity index (χ0n) is 15.2. The third-order valence-electron chi connectivity index (χ3n) is 4.48. The number of H-pyrrole nitrogens is 1. The Bertz CT molecular complexity index is 1260. The number of aromatic amines is 1. The number of hydrogen-bond acceptors (Lipinski definition) is 5. The first-order valence-corrected chi connectivity index (χ1v) is 9.00. The number of pyridine rings is 1. The van der Waals surface area contributed by atoms with E-state index in [0.29, 0.717) is 17.3 Å². The number of carbonyl (C=O) groups excluding carboxylic acids is 1. The molecule has 0 spiro atoms.